The molecule has 1 N–H and O–H groups in total. The fraction of sp³-hybridized carbons (Fsp3) is 0.348. The SMILES string of the molecule is C[C@@H]1C[C@H]1c1ccc(CN(C)CC(=O)N[C@H](c2ccccc2)c2cccs2)o1. The monoisotopic (exact) mass is 394 g/mol. The molecule has 0 radical (unpaired) electrons. The summed E-state index contributed by atoms with van der Waals surface area (Å²) in [6, 6.07) is 18.2. The molecule has 0 aliphatic heterocycles. The molecule has 1 aliphatic rings. The van der Waals surface area contributed by atoms with Crippen molar-refractivity contribution in [2.75, 3.05) is 13.6 Å². The van der Waals surface area contributed by atoms with Crippen molar-refractivity contribution in [3.63, 3.8) is 0 Å². The first-order chi connectivity index (χ1) is 13.6. The molecule has 3 aromatic rings. The van der Waals surface area contributed by atoms with E-state index in [1.165, 1.54) is 6.42 Å². The smallest absolute Gasteiger partial charge is 0.234 e. The molecule has 1 saturated carbocycles. The first-order valence-electron chi connectivity index (χ1n) is 9.75. The number of benzene rings is 1. The number of rotatable bonds is 8. The number of carbonyl (C=O) groups excluding carboxylic acids is 1. The van der Waals surface area contributed by atoms with Gasteiger partial charge in [0.2, 0.25) is 5.91 Å². The third kappa shape index (κ3) is 4.54. The zero-order chi connectivity index (χ0) is 19.5. The van der Waals surface area contributed by atoms with Crippen LogP contribution in [0.15, 0.2) is 64.4 Å². The molecular formula is C23H26N2O2S. The summed E-state index contributed by atoms with van der Waals surface area (Å²) >= 11 is 1.66. The van der Waals surface area contributed by atoms with Gasteiger partial charge in [-0.05, 0) is 48.5 Å². The highest BCUT2D eigenvalue weighted by atomic mass is 32.1. The van der Waals surface area contributed by atoms with Gasteiger partial charge < -0.3 is 9.73 Å². The van der Waals surface area contributed by atoms with Gasteiger partial charge in [-0.1, -0.05) is 43.3 Å². The van der Waals surface area contributed by atoms with E-state index < -0.39 is 0 Å². The Morgan fingerprint density at radius 1 is 1.21 bits per heavy atom. The third-order valence-electron chi connectivity index (χ3n) is 5.26. The average molecular weight is 395 g/mol. The topological polar surface area (TPSA) is 45.5 Å². The van der Waals surface area contributed by atoms with Crippen LogP contribution in [0.3, 0.4) is 0 Å². The van der Waals surface area contributed by atoms with Gasteiger partial charge >= 0.3 is 0 Å². The van der Waals surface area contributed by atoms with Crippen LogP contribution in [0.2, 0.25) is 0 Å². The maximum atomic E-state index is 12.7. The van der Waals surface area contributed by atoms with Gasteiger partial charge in [0.15, 0.2) is 0 Å². The second kappa shape index (κ2) is 8.33. The van der Waals surface area contributed by atoms with Crippen LogP contribution in [0.5, 0.6) is 0 Å². The summed E-state index contributed by atoms with van der Waals surface area (Å²) in [4.78, 5) is 15.8. The number of likely N-dealkylation sites (N-methyl/N-ethyl adjacent to an activating group) is 1. The van der Waals surface area contributed by atoms with Crippen LogP contribution in [0.1, 0.15) is 47.3 Å². The molecule has 1 amide bonds. The molecule has 4 nitrogen and oxygen atoms in total. The molecule has 28 heavy (non-hydrogen) atoms. The van der Waals surface area contributed by atoms with Gasteiger partial charge in [-0.2, -0.15) is 0 Å². The van der Waals surface area contributed by atoms with E-state index in [2.05, 4.69) is 36.5 Å². The van der Waals surface area contributed by atoms with Crippen LogP contribution in [0.25, 0.3) is 0 Å². The lowest BCUT2D eigenvalue weighted by atomic mass is 10.1. The highest BCUT2D eigenvalue weighted by Gasteiger charge is 2.36. The maximum Gasteiger partial charge on any atom is 0.234 e. The lowest BCUT2D eigenvalue weighted by Gasteiger charge is -2.21. The Labute approximate surface area is 170 Å². The minimum absolute atomic E-state index is 0.00680. The molecule has 0 saturated heterocycles. The molecule has 2 aromatic heterocycles. The van der Waals surface area contributed by atoms with Crippen molar-refractivity contribution >= 4 is 17.2 Å². The van der Waals surface area contributed by atoms with E-state index in [9.17, 15) is 4.79 Å². The van der Waals surface area contributed by atoms with E-state index >= 15 is 0 Å². The van der Waals surface area contributed by atoms with E-state index in [1.807, 2.05) is 47.7 Å². The number of furan rings is 1. The number of thiophene rings is 1. The predicted octanol–water partition coefficient (Wildman–Crippen LogP) is 4.80. The van der Waals surface area contributed by atoms with Gasteiger partial charge in [0.25, 0.3) is 0 Å². The first-order valence-corrected chi connectivity index (χ1v) is 10.6. The molecule has 0 spiro atoms. The number of nitrogens with one attached hydrogen (secondary N) is 1. The Morgan fingerprint density at radius 3 is 2.68 bits per heavy atom. The normalized spacial score (nSPS) is 19.5. The molecule has 0 unspecified atom stereocenters. The van der Waals surface area contributed by atoms with Crippen LogP contribution < -0.4 is 5.32 Å². The van der Waals surface area contributed by atoms with Gasteiger partial charge in [0.05, 0.1) is 19.1 Å². The molecule has 4 rings (SSSR count). The number of hydrogen-bond acceptors (Lipinski definition) is 4. The summed E-state index contributed by atoms with van der Waals surface area (Å²) in [7, 11) is 1.95. The Kier molecular flexibility index (Phi) is 5.64. The Balaban J connectivity index is 1.36. The molecule has 1 fully saturated rings. The minimum Gasteiger partial charge on any atom is -0.464 e. The van der Waals surface area contributed by atoms with Gasteiger partial charge in [0.1, 0.15) is 11.5 Å². The van der Waals surface area contributed by atoms with Crippen molar-refractivity contribution in [3.8, 4) is 0 Å². The fourth-order valence-corrected chi connectivity index (χ4v) is 4.39. The van der Waals surface area contributed by atoms with Gasteiger partial charge in [-0.25, -0.2) is 0 Å². The number of hydrogen-bond donors (Lipinski definition) is 1. The molecular weight excluding hydrogens is 368 g/mol. The zero-order valence-corrected chi connectivity index (χ0v) is 17.1. The van der Waals surface area contributed by atoms with E-state index in [-0.39, 0.29) is 11.9 Å². The number of amides is 1. The maximum absolute atomic E-state index is 12.7. The van der Waals surface area contributed by atoms with E-state index in [0.717, 1.165) is 27.9 Å². The van der Waals surface area contributed by atoms with Gasteiger partial charge in [0, 0.05) is 10.8 Å². The molecule has 2 heterocycles. The summed E-state index contributed by atoms with van der Waals surface area (Å²) in [6.07, 6.45) is 1.22. The largest absolute Gasteiger partial charge is 0.464 e. The van der Waals surface area contributed by atoms with Crippen molar-refractivity contribution < 1.29 is 9.21 Å². The number of nitrogens with zero attached hydrogens (tertiary/aromatic N) is 1. The highest BCUT2D eigenvalue weighted by molar-refractivity contribution is 7.10. The summed E-state index contributed by atoms with van der Waals surface area (Å²) in [5, 5.41) is 5.23. The molecule has 1 aliphatic carbocycles. The zero-order valence-electron chi connectivity index (χ0n) is 16.3. The Morgan fingerprint density at radius 2 is 2.00 bits per heavy atom. The van der Waals surface area contributed by atoms with Crippen LogP contribution in [-0.4, -0.2) is 24.4 Å². The second-order valence-electron chi connectivity index (χ2n) is 7.72. The van der Waals surface area contributed by atoms with Gasteiger partial charge in [-0.3, -0.25) is 9.69 Å². The van der Waals surface area contributed by atoms with Crippen LogP contribution in [-0.2, 0) is 11.3 Å². The number of carbonyl (C=O) groups is 1. The first kappa shape index (κ1) is 19.0. The standard InChI is InChI=1S/C23H26N2O2S/c1-16-13-19(16)20-11-10-18(27-20)14-25(2)15-22(26)24-23(21-9-6-12-28-21)17-7-4-3-5-8-17/h3-12,16,19,23H,13-15H2,1-2H3,(H,24,26)/t16-,19-,23-/m1/s1. The van der Waals surface area contributed by atoms with Crippen LogP contribution in [0, 0.1) is 5.92 Å². The van der Waals surface area contributed by atoms with E-state index in [1.54, 1.807) is 11.3 Å². The predicted molar refractivity (Wildman–Crippen MR) is 112 cm³/mol. The molecule has 3 atom stereocenters. The van der Waals surface area contributed by atoms with Crippen molar-refractivity contribution in [2.24, 2.45) is 5.92 Å². The van der Waals surface area contributed by atoms with Crippen molar-refractivity contribution in [2.45, 2.75) is 31.8 Å². The highest BCUT2D eigenvalue weighted by Crippen LogP contribution is 2.47. The fourth-order valence-electron chi connectivity index (χ4n) is 3.59. The van der Waals surface area contributed by atoms with E-state index in [4.69, 9.17) is 4.42 Å². The third-order valence-corrected chi connectivity index (χ3v) is 6.20. The molecule has 5 heteroatoms. The summed E-state index contributed by atoms with van der Waals surface area (Å²) in [5.74, 6) is 3.33. The molecule has 146 valence electrons. The minimum atomic E-state index is -0.117. The van der Waals surface area contributed by atoms with Crippen molar-refractivity contribution in [1.29, 1.82) is 0 Å². The van der Waals surface area contributed by atoms with Gasteiger partial charge in [-0.15, -0.1) is 11.3 Å². The quantitative estimate of drug-likeness (QED) is 0.597. The summed E-state index contributed by atoms with van der Waals surface area (Å²) < 4.78 is 5.97. The van der Waals surface area contributed by atoms with Crippen LogP contribution in [0.4, 0.5) is 0 Å². The lowest BCUT2D eigenvalue weighted by Crippen LogP contribution is -2.37. The molecule has 1 aromatic carbocycles. The van der Waals surface area contributed by atoms with Crippen LogP contribution >= 0.6 is 11.3 Å². The second-order valence-corrected chi connectivity index (χ2v) is 8.70. The Hall–Kier alpha value is -2.37. The lowest BCUT2D eigenvalue weighted by molar-refractivity contribution is -0.122. The van der Waals surface area contributed by atoms with E-state index in [0.29, 0.717) is 19.0 Å². The summed E-state index contributed by atoms with van der Waals surface area (Å²) in [6.45, 7) is 3.20. The van der Waals surface area contributed by atoms with Crippen molar-refractivity contribution in [1.82, 2.24) is 10.2 Å². The Bertz CT molecular complexity index is 904. The summed E-state index contributed by atoms with van der Waals surface area (Å²) in [5.41, 5.74) is 1.09. The van der Waals surface area contributed by atoms with Crippen molar-refractivity contribution in [3.05, 3.63) is 81.9 Å². The molecule has 0 bridgehead atoms. The average Bonchev–Trinajstić information content (AvgIpc) is 3.07.